The van der Waals surface area contributed by atoms with Gasteiger partial charge < -0.3 is 13.9 Å². The maximum Gasteiger partial charge on any atom is 0.242 e. The Kier molecular flexibility index (Phi) is 3.73. The summed E-state index contributed by atoms with van der Waals surface area (Å²) >= 11 is 0. The van der Waals surface area contributed by atoms with E-state index in [-0.39, 0.29) is 16.6 Å². The molecular weight excluding hydrogens is 308 g/mol. The Hall–Kier alpha value is -2.53. The van der Waals surface area contributed by atoms with Gasteiger partial charge in [0.25, 0.3) is 0 Å². The van der Waals surface area contributed by atoms with Crippen molar-refractivity contribution in [1.29, 1.82) is 0 Å². The topological polar surface area (TPSA) is 59.7 Å². The molecule has 1 aromatic heterocycles. The van der Waals surface area contributed by atoms with Gasteiger partial charge in [-0.2, -0.15) is 0 Å². The van der Waals surface area contributed by atoms with Crippen molar-refractivity contribution in [2.45, 2.75) is 19.6 Å². The molecule has 0 fully saturated rings. The van der Waals surface area contributed by atoms with E-state index in [4.69, 9.17) is 8.84 Å². The van der Waals surface area contributed by atoms with E-state index in [1.807, 2.05) is 50.0 Å². The molecule has 118 valence electrons. The zero-order valence-electron chi connectivity index (χ0n) is 13.3. The fourth-order valence-corrected chi connectivity index (χ4v) is 3.23. The molecule has 0 atom stereocenters. The summed E-state index contributed by atoms with van der Waals surface area (Å²) in [7, 11) is -1.83. The van der Waals surface area contributed by atoms with Gasteiger partial charge in [-0.1, -0.05) is 30.3 Å². The Morgan fingerprint density at radius 1 is 1.04 bits per heavy atom. The van der Waals surface area contributed by atoms with Gasteiger partial charge in [0.05, 0.1) is 0 Å². The maximum atomic E-state index is 12.3. The van der Waals surface area contributed by atoms with Crippen LogP contribution in [0.2, 0.25) is 19.6 Å². The molecule has 3 aromatic rings. The van der Waals surface area contributed by atoms with E-state index in [1.165, 1.54) is 12.1 Å². The Morgan fingerprint density at radius 3 is 2.39 bits per heavy atom. The van der Waals surface area contributed by atoms with E-state index in [2.05, 4.69) is 0 Å². The van der Waals surface area contributed by atoms with E-state index in [0.29, 0.717) is 17.1 Å². The lowest BCUT2D eigenvalue weighted by Crippen LogP contribution is -2.29. The Labute approximate surface area is 135 Å². The average Bonchev–Trinajstić information content (AvgIpc) is 2.45. The van der Waals surface area contributed by atoms with Crippen molar-refractivity contribution < 1.29 is 13.9 Å². The van der Waals surface area contributed by atoms with Gasteiger partial charge in [-0.25, -0.2) is 0 Å². The number of aromatic hydroxyl groups is 1. The lowest BCUT2D eigenvalue weighted by Gasteiger charge is -2.19. The smallest absolute Gasteiger partial charge is 0.242 e. The highest BCUT2D eigenvalue weighted by atomic mass is 28.4. The third-order valence-electron chi connectivity index (χ3n) is 3.27. The monoisotopic (exact) mass is 326 g/mol. The van der Waals surface area contributed by atoms with Crippen molar-refractivity contribution in [3.05, 3.63) is 58.8 Å². The predicted octanol–water partition coefficient (Wildman–Crippen LogP) is 4.38. The average molecular weight is 326 g/mol. The number of benzene rings is 2. The molecule has 0 saturated carbocycles. The number of hydrogen-bond donors (Lipinski definition) is 1. The molecule has 0 aliphatic heterocycles. The molecule has 0 bridgehead atoms. The third-order valence-corrected chi connectivity index (χ3v) is 4.11. The summed E-state index contributed by atoms with van der Waals surface area (Å²) in [6.45, 7) is 6.14. The van der Waals surface area contributed by atoms with E-state index in [0.717, 1.165) is 5.56 Å². The predicted molar refractivity (Wildman–Crippen MR) is 93.6 cm³/mol. The lowest BCUT2D eigenvalue weighted by atomic mass is 10.1. The highest BCUT2D eigenvalue weighted by molar-refractivity contribution is 6.70. The Balaban J connectivity index is 2.20. The van der Waals surface area contributed by atoms with Crippen LogP contribution in [-0.2, 0) is 0 Å². The molecule has 0 spiro atoms. The van der Waals surface area contributed by atoms with E-state index >= 15 is 0 Å². The molecule has 1 N–H and O–H groups in total. The minimum atomic E-state index is -1.83. The lowest BCUT2D eigenvalue weighted by molar-refractivity contribution is 0.473. The summed E-state index contributed by atoms with van der Waals surface area (Å²) in [5.74, 6) is 0.860. The normalized spacial score (nSPS) is 11.6. The van der Waals surface area contributed by atoms with Crippen LogP contribution in [0.15, 0.2) is 57.7 Å². The fourth-order valence-electron chi connectivity index (χ4n) is 2.40. The first kappa shape index (κ1) is 15.4. The molecule has 0 unspecified atom stereocenters. The van der Waals surface area contributed by atoms with Gasteiger partial charge in [-0.3, -0.25) is 4.79 Å². The number of hydrogen-bond acceptors (Lipinski definition) is 4. The molecule has 2 aromatic carbocycles. The van der Waals surface area contributed by atoms with Crippen LogP contribution in [0.3, 0.4) is 0 Å². The molecule has 0 aliphatic carbocycles. The Bertz CT molecular complexity index is 908. The molecule has 3 rings (SSSR count). The number of fused-ring (bicyclic) bond motifs is 1. The van der Waals surface area contributed by atoms with E-state index < -0.39 is 8.32 Å². The van der Waals surface area contributed by atoms with Gasteiger partial charge in [0.15, 0.2) is 5.43 Å². The quantitative estimate of drug-likeness (QED) is 0.726. The van der Waals surface area contributed by atoms with Crippen molar-refractivity contribution in [1.82, 2.24) is 0 Å². The van der Waals surface area contributed by atoms with Gasteiger partial charge in [-0.05, 0) is 19.6 Å². The first-order valence-corrected chi connectivity index (χ1v) is 10.8. The highest BCUT2D eigenvalue weighted by Gasteiger charge is 2.19. The van der Waals surface area contributed by atoms with Crippen LogP contribution >= 0.6 is 0 Å². The SMILES string of the molecule is C[Si](C)(C)Oc1cc(O)c2c(=O)cc(-c3ccccc3)oc2c1. The van der Waals surface area contributed by atoms with Crippen LogP contribution in [0.1, 0.15) is 0 Å². The summed E-state index contributed by atoms with van der Waals surface area (Å²) in [5.41, 5.74) is 0.856. The number of phenolic OH excluding ortho intramolecular Hbond substituents is 1. The minimum absolute atomic E-state index is 0.121. The number of rotatable bonds is 3. The van der Waals surface area contributed by atoms with Crippen LogP contribution in [0, 0.1) is 0 Å². The van der Waals surface area contributed by atoms with Crippen LogP contribution < -0.4 is 9.85 Å². The van der Waals surface area contributed by atoms with Gasteiger partial charge in [0.2, 0.25) is 8.32 Å². The fraction of sp³-hybridized carbons (Fsp3) is 0.167. The maximum absolute atomic E-state index is 12.3. The van der Waals surface area contributed by atoms with E-state index in [9.17, 15) is 9.90 Å². The molecule has 0 radical (unpaired) electrons. The van der Waals surface area contributed by atoms with Crippen molar-refractivity contribution in [2.24, 2.45) is 0 Å². The zero-order valence-corrected chi connectivity index (χ0v) is 14.3. The molecule has 0 aliphatic rings. The number of phenols is 1. The summed E-state index contributed by atoms with van der Waals surface area (Å²) in [4.78, 5) is 12.3. The molecular formula is C18H18O4Si. The zero-order chi connectivity index (χ0) is 16.6. The van der Waals surface area contributed by atoms with E-state index in [1.54, 1.807) is 6.07 Å². The van der Waals surface area contributed by atoms with Crippen molar-refractivity contribution in [3.63, 3.8) is 0 Å². The summed E-state index contributed by atoms with van der Waals surface area (Å²) < 4.78 is 11.7. The molecule has 5 heteroatoms. The molecule has 0 saturated heterocycles. The van der Waals surface area contributed by atoms with Crippen molar-refractivity contribution in [2.75, 3.05) is 0 Å². The minimum Gasteiger partial charge on any atom is -0.544 e. The second kappa shape index (κ2) is 5.59. The molecule has 4 nitrogen and oxygen atoms in total. The van der Waals surface area contributed by atoms with Gasteiger partial charge in [-0.15, -0.1) is 0 Å². The molecule has 0 amide bonds. The molecule has 23 heavy (non-hydrogen) atoms. The summed E-state index contributed by atoms with van der Waals surface area (Å²) in [6.07, 6.45) is 0. The van der Waals surface area contributed by atoms with Gasteiger partial charge in [0.1, 0.15) is 28.2 Å². The largest absolute Gasteiger partial charge is 0.544 e. The van der Waals surface area contributed by atoms with Crippen molar-refractivity contribution >= 4 is 19.3 Å². The standard InChI is InChI=1S/C18H18O4Si/c1-23(2,3)22-13-9-14(19)18-15(20)11-16(21-17(18)10-13)12-7-5-4-6-8-12/h4-11,19H,1-3H3. The van der Waals surface area contributed by atoms with Crippen LogP contribution in [0.4, 0.5) is 0 Å². The summed E-state index contributed by atoms with van der Waals surface area (Å²) in [5, 5.41) is 10.3. The van der Waals surface area contributed by atoms with Gasteiger partial charge >= 0.3 is 0 Å². The highest BCUT2D eigenvalue weighted by Crippen LogP contribution is 2.32. The van der Waals surface area contributed by atoms with Crippen molar-refractivity contribution in [3.8, 4) is 22.8 Å². The summed E-state index contributed by atoms with van der Waals surface area (Å²) in [6, 6.07) is 13.9. The molecule has 1 heterocycles. The third kappa shape index (κ3) is 3.29. The van der Waals surface area contributed by atoms with Crippen LogP contribution in [0.5, 0.6) is 11.5 Å². The first-order valence-electron chi connectivity index (χ1n) is 7.39. The second-order valence-corrected chi connectivity index (χ2v) is 10.8. The first-order chi connectivity index (χ1) is 10.8. The van der Waals surface area contributed by atoms with Gasteiger partial charge in [0, 0.05) is 23.8 Å². The Morgan fingerprint density at radius 2 is 1.74 bits per heavy atom. The second-order valence-electron chi connectivity index (χ2n) is 6.37. The van der Waals surface area contributed by atoms with Crippen LogP contribution in [-0.4, -0.2) is 13.4 Å². The van der Waals surface area contributed by atoms with Crippen LogP contribution in [0.25, 0.3) is 22.3 Å².